The van der Waals surface area contributed by atoms with Crippen LogP contribution in [0.1, 0.15) is 49.9 Å². The summed E-state index contributed by atoms with van der Waals surface area (Å²) in [5, 5.41) is 0. The fourth-order valence-corrected chi connectivity index (χ4v) is 16.7. The maximum Gasteiger partial charge on any atom is 0.380 e. The van der Waals surface area contributed by atoms with Crippen molar-refractivity contribution in [3.8, 4) is 0 Å². The van der Waals surface area contributed by atoms with Gasteiger partial charge in [0.25, 0.3) is 0 Å². The van der Waals surface area contributed by atoms with Gasteiger partial charge in [-0.2, -0.15) is 52.7 Å². The third kappa shape index (κ3) is 4.74. The van der Waals surface area contributed by atoms with Crippen LogP contribution < -0.4 is 0 Å². The summed E-state index contributed by atoms with van der Waals surface area (Å²) in [5.74, 6) is -32.4. The standard InChI is InChI=1S/C48H30F12S4/c1-39-27(19-31(61-39)23-11-7-5-8-12-23)35-37(45(53,54)47(57,58)43(35,49)50)29-21-33(63-41(29,39)3)25-15-17-26(18-16-25)34-22-30-38-36(44(51,52)48(59,60)46(38,55)56)28-20-32(24-13-9-6-10-14-24)62-40(28,2)42(30,4)64-34/h5-22H,1-4H3/t39-,40-,41-,42-/m1/s1. The molecule has 11 rings (SSSR count). The number of hydrogen-bond donors (Lipinski definition) is 0. The molecule has 0 saturated heterocycles. The van der Waals surface area contributed by atoms with Crippen molar-refractivity contribution >= 4 is 66.7 Å². The largest absolute Gasteiger partial charge is 0.380 e. The fourth-order valence-electron chi connectivity index (χ4n) is 10.4. The summed E-state index contributed by atoms with van der Waals surface area (Å²) in [6.07, 6.45) is 5.13. The van der Waals surface area contributed by atoms with Gasteiger partial charge in [-0.3, -0.25) is 0 Å². The van der Waals surface area contributed by atoms with E-state index in [0.29, 0.717) is 41.9 Å². The van der Waals surface area contributed by atoms with E-state index in [9.17, 15) is 0 Å². The van der Waals surface area contributed by atoms with Crippen molar-refractivity contribution in [2.45, 2.75) is 82.2 Å². The maximum absolute atomic E-state index is 16.0. The molecule has 64 heavy (non-hydrogen) atoms. The Morgan fingerprint density at radius 3 is 0.719 bits per heavy atom. The van der Waals surface area contributed by atoms with Crippen LogP contribution >= 0.6 is 47.0 Å². The molecule has 0 spiro atoms. The summed E-state index contributed by atoms with van der Waals surface area (Å²) < 4.78 is 183. The van der Waals surface area contributed by atoms with E-state index < -0.39 is 76.8 Å². The molecule has 0 amide bonds. The molecule has 0 unspecified atom stereocenters. The van der Waals surface area contributed by atoms with E-state index in [0.717, 1.165) is 47.0 Å². The highest BCUT2D eigenvalue weighted by Gasteiger charge is 2.86. The summed E-state index contributed by atoms with van der Waals surface area (Å²) >= 11 is 4.40. The van der Waals surface area contributed by atoms with Gasteiger partial charge in [0.1, 0.15) is 0 Å². The van der Waals surface area contributed by atoms with Crippen LogP contribution in [-0.4, -0.2) is 54.5 Å². The molecule has 0 radical (unpaired) electrons. The number of thioether (sulfide) groups is 4. The average Bonchev–Trinajstić information content (AvgIpc) is 4.03. The van der Waals surface area contributed by atoms with E-state index >= 15 is 52.7 Å². The lowest BCUT2D eigenvalue weighted by Gasteiger charge is -2.47. The second-order valence-corrected chi connectivity index (χ2v) is 23.3. The van der Waals surface area contributed by atoms with Crippen LogP contribution in [0.25, 0.3) is 19.6 Å². The minimum Gasteiger partial charge on any atom is -0.194 e. The van der Waals surface area contributed by atoms with E-state index in [4.69, 9.17) is 0 Å². The predicted molar refractivity (Wildman–Crippen MR) is 233 cm³/mol. The van der Waals surface area contributed by atoms with Crippen molar-refractivity contribution in [2.24, 2.45) is 0 Å². The first-order valence-electron chi connectivity index (χ1n) is 19.9. The Labute approximate surface area is 375 Å². The number of hydrogen-bond acceptors (Lipinski definition) is 4. The lowest BCUT2D eigenvalue weighted by Crippen LogP contribution is -2.48. The molecule has 4 aliphatic carbocycles. The fraction of sp³-hybridized carbons (Fsp3) is 0.292. The second-order valence-electron chi connectivity index (χ2n) is 17.5. The van der Waals surface area contributed by atoms with Crippen molar-refractivity contribution < 1.29 is 52.7 Å². The summed E-state index contributed by atoms with van der Waals surface area (Å²) in [4.78, 5) is 1.51. The minimum atomic E-state index is -5.73. The molecule has 16 heteroatoms. The Bertz CT molecular complexity index is 2740. The van der Waals surface area contributed by atoms with Gasteiger partial charge in [-0.05, 0) is 96.5 Å². The first kappa shape index (κ1) is 42.8. The molecule has 4 atom stereocenters. The van der Waals surface area contributed by atoms with E-state index in [1.54, 1.807) is 113 Å². The third-order valence-corrected chi connectivity index (χ3v) is 20.9. The Hall–Kier alpha value is -3.86. The van der Waals surface area contributed by atoms with Crippen LogP contribution in [0, 0.1) is 0 Å². The number of halogens is 12. The Balaban J connectivity index is 1.01. The molecule has 4 heterocycles. The molecular formula is C48H30F12S4. The first-order valence-corrected chi connectivity index (χ1v) is 23.1. The highest BCUT2D eigenvalue weighted by Crippen LogP contribution is 2.77. The molecule has 3 aromatic rings. The lowest BCUT2D eigenvalue weighted by molar-refractivity contribution is -0.258. The van der Waals surface area contributed by atoms with Crippen LogP contribution in [0.5, 0.6) is 0 Å². The molecule has 0 N–H and O–H groups in total. The van der Waals surface area contributed by atoms with Crippen LogP contribution in [0.3, 0.4) is 0 Å². The van der Waals surface area contributed by atoms with E-state index in [-0.39, 0.29) is 22.3 Å². The van der Waals surface area contributed by atoms with E-state index in [1.165, 1.54) is 24.3 Å². The Kier molecular flexibility index (Phi) is 8.39. The Morgan fingerprint density at radius 1 is 0.297 bits per heavy atom. The summed E-state index contributed by atoms with van der Waals surface area (Å²) in [5.41, 5.74) is -4.95. The normalized spacial score (nSPS) is 33.9. The van der Waals surface area contributed by atoms with Crippen molar-refractivity contribution in [1.82, 2.24) is 0 Å². The zero-order valence-electron chi connectivity index (χ0n) is 33.6. The van der Waals surface area contributed by atoms with Crippen molar-refractivity contribution in [1.29, 1.82) is 0 Å². The maximum atomic E-state index is 16.0. The van der Waals surface area contributed by atoms with Gasteiger partial charge in [0.05, 0.1) is 19.0 Å². The minimum absolute atomic E-state index is 0.308. The summed E-state index contributed by atoms with van der Waals surface area (Å²) in [6.45, 7) is 6.33. The first-order chi connectivity index (χ1) is 29.7. The quantitative estimate of drug-likeness (QED) is 0.239. The summed E-state index contributed by atoms with van der Waals surface area (Å²) in [6, 6.07) is 23.4. The highest BCUT2D eigenvalue weighted by atomic mass is 32.2. The molecule has 330 valence electrons. The number of allylic oxidation sites excluding steroid dienone is 8. The molecule has 3 aromatic carbocycles. The molecule has 4 aliphatic heterocycles. The van der Waals surface area contributed by atoms with Crippen LogP contribution in [0.2, 0.25) is 0 Å². The number of rotatable bonds is 4. The zero-order chi connectivity index (χ0) is 45.8. The smallest absolute Gasteiger partial charge is 0.194 e. The van der Waals surface area contributed by atoms with Gasteiger partial charge in [0.15, 0.2) is 0 Å². The average molecular weight is 963 g/mol. The molecule has 0 aromatic heterocycles. The monoisotopic (exact) mass is 962 g/mol. The number of fused-ring (bicyclic) bond motifs is 8. The van der Waals surface area contributed by atoms with Crippen molar-refractivity contribution in [2.75, 3.05) is 0 Å². The lowest BCUT2D eigenvalue weighted by atomic mass is 9.71. The summed E-state index contributed by atoms with van der Waals surface area (Å²) in [7, 11) is 0. The van der Waals surface area contributed by atoms with Gasteiger partial charge in [0, 0.05) is 41.9 Å². The molecule has 0 bridgehead atoms. The zero-order valence-corrected chi connectivity index (χ0v) is 36.8. The van der Waals surface area contributed by atoms with Crippen LogP contribution in [0.15, 0.2) is 154 Å². The van der Waals surface area contributed by atoms with Crippen molar-refractivity contribution in [3.63, 3.8) is 0 Å². The SMILES string of the molecule is C[C@@]12SC(c3ccccc3)=CC1=C1C(=C3C=C(c4ccc(C5=CC6=C7C(=C8C=C(c9ccccc9)S[C@@]8(C)[C@]6(C)S5)C(F)(F)C(F)(F)C7(F)F)cc4)S[C@]32C)C(F)(F)C(F)(F)C1(F)F. The van der Waals surface area contributed by atoms with Gasteiger partial charge >= 0.3 is 35.5 Å². The molecule has 2 saturated carbocycles. The molecular weight excluding hydrogens is 933 g/mol. The van der Waals surface area contributed by atoms with Gasteiger partial charge in [-0.1, -0.05) is 84.9 Å². The predicted octanol–water partition coefficient (Wildman–Crippen LogP) is 15.5. The topological polar surface area (TPSA) is 0 Å². The highest BCUT2D eigenvalue weighted by molar-refractivity contribution is 8.14. The van der Waals surface area contributed by atoms with E-state index in [2.05, 4.69) is 0 Å². The van der Waals surface area contributed by atoms with Crippen molar-refractivity contribution in [3.05, 3.63) is 176 Å². The van der Waals surface area contributed by atoms with Crippen LogP contribution in [0.4, 0.5) is 52.7 Å². The van der Waals surface area contributed by atoms with Gasteiger partial charge in [-0.15, -0.1) is 47.0 Å². The second kappa shape index (κ2) is 12.6. The molecule has 8 aliphatic rings. The van der Waals surface area contributed by atoms with Gasteiger partial charge in [-0.25, -0.2) is 0 Å². The van der Waals surface area contributed by atoms with E-state index in [1.807, 2.05) is 0 Å². The van der Waals surface area contributed by atoms with Gasteiger partial charge in [0.2, 0.25) is 0 Å². The number of benzene rings is 3. The van der Waals surface area contributed by atoms with Gasteiger partial charge < -0.3 is 0 Å². The molecule has 0 nitrogen and oxygen atoms in total. The Morgan fingerprint density at radius 2 is 0.500 bits per heavy atom. The third-order valence-electron chi connectivity index (χ3n) is 14.2. The molecule has 2 fully saturated rings. The van der Waals surface area contributed by atoms with Crippen LogP contribution in [-0.2, 0) is 0 Å². The number of alkyl halides is 12.